The van der Waals surface area contributed by atoms with Gasteiger partial charge in [-0.05, 0) is 82.2 Å². The van der Waals surface area contributed by atoms with Gasteiger partial charge in [0.1, 0.15) is 6.61 Å². The van der Waals surface area contributed by atoms with Crippen LogP contribution in [0.15, 0.2) is 77.8 Å². The number of hydrogen-bond acceptors (Lipinski definition) is 6. The van der Waals surface area contributed by atoms with Crippen LogP contribution >= 0.6 is 27.5 Å². The van der Waals surface area contributed by atoms with E-state index >= 15 is 0 Å². The molecule has 4 aromatic rings. The molecule has 1 amide bonds. The summed E-state index contributed by atoms with van der Waals surface area (Å²) in [4.78, 5) is 38.8. The van der Waals surface area contributed by atoms with Gasteiger partial charge < -0.3 is 14.6 Å². The monoisotopic (exact) mass is 675 g/mol. The third kappa shape index (κ3) is 6.75. The van der Waals surface area contributed by atoms with Crippen molar-refractivity contribution in [2.75, 3.05) is 19.6 Å². The lowest BCUT2D eigenvalue weighted by Crippen LogP contribution is -2.51. The Labute approximate surface area is 270 Å². The van der Waals surface area contributed by atoms with Gasteiger partial charge in [0.2, 0.25) is 5.91 Å². The summed E-state index contributed by atoms with van der Waals surface area (Å²) in [5.41, 5.74) is 6.41. The van der Waals surface area contributed by atoms with Crippen molar-refractivity contribution in [3.05, 3.63) is 116 Å². The molecule has 3 heterocycles. The minimum absolute atomic E-state index is 0.146. The summed E-state index contributed by atoms with van der Waals surface area (Å²) < 4.78 is 8.66. The van der Waals surface area contributed by atoms with E-state index in [4.69, 9.17) is 21.3 Å². The molecule has 1 aliphatic heterocycles. The Morgan fingerprint density at radius 2 is 1.89 bits per heavy atom. The summed E-state index contributed by atoms with van der Waals surface area (Å²) in [6.45, 7) is 1.64. The number of piperidine rings is 1. The van der Waals surface area contributed by atoms with Crippen LogP contribution in [0.1, 0.15) is 46.1 Å². The maximum atomic E-state index is 13.9. The second-order valence-electron chi connectivity index (χ2n) is 11.6. The number of nitrogens with one attached hydrogen (secondary N) is 1. The standard InChI is InChI=1S/C34H35BrClN5O3/c1-40-21-37-18-27(40)11-13-38-33(42)30-19-41(14-12-29(30)34(43)44-20-22-5-3-2-4-6-22)32-28-10-9-26(36)16-23(28)7-8-24-15-25(35)17-39-31(24)32/h2-6,9-10,15-18,21,29-30,32H,7-8,11-14,19-20H2,1H3,(H,38,42)/t29?,30-,32?/m0/s1. The minimum Gasteiger partial charge on any atom is -0.461 e. The largest absolute Gasteiger partial charge is 0.461 e. The first-order chi connectivity index (χ1) is 21.4. The smallest absolute Gasteiger partial charge is 0.310 e. The van der Waals surface area contributed by atoms with Gasteiger partial charge in [0.25, 0.3) is 0 Å². The number of hydrogen-bond donors (Lipinski definition) is 1. The highest BCUT2D eigenvalue weighted by atomic mass is 79.9. The molecule has 1 fully saturated rings. The molecule has 228 valence electrons. The molecule has 44 heavy (non-hydrogen) atoms. The van der Waals surface area contributed by atoms with Crippen LogP contribution in [0, 0.1) is 11.8 Å². The van der Waals surface area contributed by atoms with Gasteiger partial charge >= 0.3 is 5.97 Å². The molecule has 0 saturated carbocycles. The van der Waals surface area contributed by atoms with Crippen molar-refractivity contribution < 1.29 is 14.3 Å². The molecule has 2 unspecified atom stereocenters. The zero-order valence-electron chi connectivity index (χ0n) is 24.6. The molecule has 3 atom stereocenters. The molecule has 10 heteroatoms. The maximum Gasteiger partial charge on any atom is 0.310 e. The second-order valence-corrected chi connectivity index (χ2v) is 12.9. The number of fused-ring (bicyclic) bond motifs is 2. The van der Waals surface area contributed by atoms with Crippen LogP contribution < -0.4 is 5.32 Å². The molecule has 6 rings (SSSR count). The lowest BCUT2D eigenvalue weighted by molar-refractivity contribution is -0.157. The SMILES string of the molecule is Cn1cncc1CCNC(=O)[C@H]1CN(C2c3ccc(Cl)cc3CCc3cc(Br)cnc32)CCC1C(=O)OCc1ccccc1. The van der Waals surface area contributed by atoms with E-state index in [1.54, 1.807) is 12.5 Å². The van der Waals surface area contributed by atoms with Gasteiger partial charge in [-0.3, -0.25) is 19.5 Å². The summed E-state index contributed by atoms with van der Waals surface area (Å²) in [5, 5.41) is 3.81. The van der Waals surface area contributed by atoms with Gasteiger partial charge in [-0.25, -0.2) is 4.98 Å². The highest BCUT2D eigenvalue weighted by Crippen LogP contribution is 2.40. The van der Waals surface area contributed by atoms with Crippen molar-refractivity contribution in [3.8, 4) is 0 Å². The van der Waals surface area contributed by atoms with Gasteiger partial charge in [-0.1, -0.05) is 48.0 Å². The fraction of sp³-hybridized carbons (Fsp3) is 0.353. The number of carbonyl (C=O) groups is 2. The zero-order valence-corrected chi connectivity index (χ0v) is 26.9. The first-order valence-corrected chi connectivity index (χ1v) is 16.1. The lowest BCUT2D eigenvalue weighted by Gasteiger charge is -2.41. The van der Waals surface area contributed by atoms with Crippen molar-refractivity contribution in [1.29, 1.82) is 0 Å². The van der Waals surface area contributed by atoms with Gasteiger partial charge in [0, 0.05) is 54.1 Å². The van der Waals surface area contributed by atoms with Gasteiger partial charge in [-0.2, -0.15) is 0 Å². The van der Waals surface area contributed by atoms with Crippen LogP contribution in [-0.2, 0) is 47.2 Å². The summed E-state index contributed by atoms with van der Waals surface area (Å²) in [6, 6.07) is 17.6. The molecule has 0 spiro atoms. The van der Waals surface area contributed by atoms with Gasteiger partial charge in [0.05, 0.1) is 29.9 Å². The number of amides is 1. The molecule has 0 bridgehead atoms. The van der Waals surface area contributed by atoms with Crippen LogP contribution in [-0.4, -0.2) is 50.9 Å². The van der Waals surface area contributed by atoms with E-state index < -0.39 is 11.8 Å². The number of benzene rings is 2. The number of halogens is 2. The molecule has 2 aliphatic rings. The average Bonchev–Trinajstić information content (AvgIpc) is 3.37. The maximum absolute atomic E-state index is 13.9. The van der Waals surface area contributed by atoms with E-state index in [1.165, 1.54) is 11.1 Å². The van der Waals surface area contributed by atoms with Crippen molar-refractivity contribution in [3.63, 3.8) is 0 Å². The summed E-state index contributed by atoms with van der Waals surface area (Å²) >= 11 is 10.0. The predicted octanol–water partition coefficient (Wildman–Crippen LogP) is 5.46. The Hall–Kier alpha value is -3.53. The van der Waals surface area contributed by atoms with E-state index in [0.717, 1.165) is 39.8 Å². The van der Waals surface area contributed by atoms with Crippen molar-refractivity contribution >= 4 is 39.4 Å². The fourth-order valence-electron chi connectivity index (χ4n) is 6.45. The second kappa shape index (κ2) is 13.6. The van der Waals surface area contributed by atoms with E-state index in [2.05, 4.69) is 43.3 Å². The number of rotatable bonds is 8. The number of imidazole rings is 1. The van der Waals surface area contributed by atoms with Crippen molar-refractivity contribution in [2.24, 2.45) is 18.9 Å². The van der Waals surface area contributed by atoms with Crippen LogP contribution in [0.4, 0.5) is 0 Å². The first-order valence-electron chi connectivity index (χ1n) is 15.0. The third-order valence-electron chi connectivity index (χ3n) is 8.76. The summed E-state index contributed by atoms with van der Waals surface area (Å²) in [6.07, 6.45) is 8.21. The average molecular weight is 677 g/mol. The topological polar surface area (TPSA) is 89.4 Å². The minimum atomic E-state index is -0.587. The number of likely N-dealkylation sites (tertiary alicyclic amines) is 1. The van der Waals surface area contributed by atoms with Crippen LogP contribution in [0.2, 0.25) is 5.02 Å². The molecule has 1 aliphatic carbocycles. The molecular weight excluding hydrogens is 642 g/mol. The lowest BCUT2D eigenvalue weighted by atomic mass is 9.82. The van der Waals surface area contributed by atoms with E-state index in [9.17, 15) is 9.59 Å². The highest BCUT2D eigenvalue weighted by molar-refractivity contribution is 9.10. The molecular formula is C34H35BrClN5O3. The number of carbonyl (C=O) groups excluding carboxylic acids is 2. The Morgan fingerprint density at radius 1 is 1.07 bits per heavy atom. The van der Waals surface area contributed by atoms with Crippen LogP contribution in [0.5, 0.6) is 0 Å². The fourth-order valence-corrected chi connectivity index (χ4v) is 7.02. The zero-order chi connectivity index (χ0) is 30.6. The van der Waals surface area contributed by atoms with Gasteiger partial charge in [0.15, 0.2) is 0 Å². The van der Waals surface area contributed by atoms with E-state index in [-0.39, 0.29) is 24.5 Å². The Kier molecular flexibility index (Phi) is 9.44. The van der Waals surface area contributed by atoms with Crippen LogP contribution in [0.25, 0.3) is 0 Å². The number of aryl methyl sites for hydroxylation is 3. The quantitative estimate of drug-likeness (QED) is 0.250. The predicted molar refractivity (Wildman–Crippen MR) is 172 cm³/mol. The summed E-state index contributed by atoms with van der Waals surface area (Å²) in [7, 11) is 1.93. The first kappa shape index (κ1) is 30.5. The molecule has 1 N–H and O–H groups in total. The number of ether oxygens (including phenoxy) is 1. The third-order valence-corrected chi connectivity index (χ3v) is 9.43. The molecule has 1 saturated heterocycles. The van der Waals surface area contributed by atoms with Crippen LogP contribution in [0.3, 0.4) is 0 Å². The number of pyridine rings is 1. The van der Waals surface area contributed by atoms with E-state index in [0.29, 0.717) is 37.5 Å². The van der Waals surface area contributed by atoms with Crippen molar-refractivity contribution in [2.45, 2.75) is 38.3 Å². The van der Waals surface area contributed by atoms with E-state index in [1.807, 2.05) is 60.3 Å². The number of aromatic nitrogens is 3. The normalized spacial score (nSPS) is 19.8. The summed E-state index contributed by atoms with van der Waals surface area (Å²) in [5.74, 6) is -1.63. The highest BCUT2D eigenvalue weighted by Gasteiger charge is 2.43. The van der Waals surface area contributed by atoms with Gasteiger partial charge in [-0.15, -0.1) is 0 Å². The Bertz CT molecular complexity index is 1590. The Balaban J connectivity index is 1.27. The molecule has 8 nitrogen and oxygen atoms in total. The Morgan fingerprint density at radius 3 is 2.68 bits per heavy atom. The number of nitrogens with zero attached hydrogens (tertiary/aromatic N) is 4. The van der Waals surface area contributed by atoms with Crippen molar-refractivity contribution in [1.82, 2.24) is 24.8 Å². The molecule has 0 radical (unpaired) electrons. The molecule has 2 aromatic heterocycles. The number of esters is 1. The molecule has 2 aromatic carbocycles.